The molecule has 2 aromatic carbocycles. The van der Waals surface area contributed by atoms with Crippen LogP contribution in [0, 0.1) is 11.8 Å². The third-order valence-electron chi connectivity index (χ3n) is 5.80. The molecule has 0 saturated carbocycles. The molecule has 0 unspecified atom stereocenters. The van der Waals surface area contributed by atoms with Gasteiger partial charge in [0.05, 0.1) is 26.2 Å². The van der Waals surface area contributed by atoms with Gasteiger partial charge in [-0.05, 0) is 18.6 Å². The second kappa shape index (κ2) is 8.25. The summed E-state index contributed by atoms with van der Waals surface area (Å²) in [4.78, 5) is 27.9. The molecular formula is C23H25NO5. The van der Waals surface area contributed by atoms with Crippen LogP contribution in [0.3, 0.4) is 0 Å². The lowest BCUT2D eigenvalue weighted by Crippen LogP contribution is -2.44. The van der Waals surface area contributed by atoms with E-state index in [0.29, 0.717) is 13.2 Å². The largest absolute Gasteiger partial charge is 0.493 e. The van der Waals surface area contributed by atoms with Crippen molar-refractivity contribution in [3.63, 3.8) is 0 Å². The van der Waals surface area contributed by atoms with Crippen LogP contribution in [0.4, 0.5) is 0 Å². The minimum absolute atomic E-state index is 0.140. The maximum Gasteiger partial charge on any atom is 0.324 e. The molecule has 1 saturated heterocycles. The average Bonchev–Trinajstić information content (AvgIpc) is 3.08. The first kappa shape index (κ1) is 19.5. The summed E-state index contributed by atoms with van der Waals surface area (Å²) in [5, 5.41) is 0. The number of likely N-dealkylation sites (tertiary alicyclic amines) is 1. The lowest BCUT2D eigenvalue weighted by atomic mass is 9.83. The van der Waals surface area contributed by atoms with Crippen molar-refractivity contribution in [2.24, 2.45) is 11.8 Å². The second-order valence-corrected chi connectivity index (χ2v) is 7.36. The van der Waals surface area contributed by atoms with Crippen LogP contribution in [0.1, 0.15) is 24.1 Å². The Morgan fingerprint density at radius 1 is 1.07 bits per heavy atom. The summed E-state index contributed by atoms with van der Waals surface area (Å²) in [5.74, 6) is -0.862. The third-order valence-corrected chi connectivity index (χ3v) is 5.80. The van der Waals surface area contributed by atoms with Crippen molar-refractivity contribution in [2.75, 3.05) is 20.3 Å². The number of hydrogen-bond donors (Lipinski definition) is 0. The highest BCUT2D eigenvalue weighted by molar-refractivity contribution is 5.86. The number of carbonyl (C=O) groups excluding carboxylic acids is 2. The Labute approximate surface area is 170 Å². The molecule has 0 N–H and O–H groups in total. The molecule has 4 atom stereocenters. The van der Waals surface area contributed by atoms with E-state index in [1.165, 1.54) is 7.11 Å². The summed E-state index contributed by atoms with van der Waals surface area (Å²) in [6, 6.07) is 16.9. The van der Waals surface area contributed by atoms with Crippen molar-refractivity contribution in [1.82, 2.24) is 4.90 Å². The molecule has 0 aromatic heterocycles. The zero-order valence-electron chi connectivity index (χ0n) is 16.6. The normalized spacial score (nSPS) is 25.4. The molecule has 29 heavy (non-hydrogen) atoms. The van der Waals surface area contributed by atoms with Crippen LogP contribution < -0.4 is 4.74 Å². The van der Waals surface area contributed by atoms with E-state index < -0.39 is 23.9 Å². The molecule has 6 heteroatoms. The molecule has 1 fully saturated rings. The van der Waals surface area contributed by atoms with E-state index in [0.717, 1.165) is 16.9 Å². The maximum absolute atomic E-state index is 13.0. The zero-order chi connectivity index (χ0) is 20.4. The molecule has 2 heterocycles. The van der Waals surface area contributed by atoms with Gasteiger partial charge in [-0.25, -0.2) is 0 Å². The Morgan fingerprint density at radius 2 is 1.79 bits per heavy atom. The Morgan fingerprint density at radius 3 is 2.52 bits per heavy atom. The van der Waals surface area contributed by atoms with Gasteiger partial charge in [0.25, 0.3) is 0 Å². The fraction of sp³-hybridized carbons (Fsp3) is 0.391. The minimum Gasteiger partial charge on any atom is -0.493 e. The van der Waals surface area contributed by atoms with Gasteiger partial charge in [0.1, 0.15) is 11.8 Å². The molecular weight excluding hydrogens is 370 g/mol. The molecule has 2 aromatic rings. The first-order chi connectivity index (χ1) is 14.2. The van der Waals surface area contributed by atoms with E-state index >= 15 is 0 Å². The van der Waals surface area contributed by atoms with Crippen LogP contribution in [-0.4, -0.2) is 43.2 Å². The highest BCUT2D eigenvalue weighted by Crippen LogP contribution is 2.51. The number of rotatable bonds is 5. The molecule has 2 aliphatic rings. The third kappa shape index (κ3) is 3.49. The Hall–Kier alpha value is -2.86. The van der Waals surface area contributed by atoms with Crippen molar-refractivity contribution >= 4 is 11.9 Å². The van der Waals surface area contributed by atoms with E-state index in [4.69, 9.17) is 14.2 Å². The van der Waals surface area contributed by atoms with Crippen LogP contribution in [-0.2, 0) is 25.6 Å². The number of benzene rings is 2. The predicted octanol–water partition coefficient (Wildman–Crippen LogP) is 2.97. The van der Waals surface area contributed by atoms with Crippen molar-refractivity contribution in [3.05, 3.63) is 65.7 Å². The second-order valence-electron chi connectivity index (χ2n) is 7.36. The minimum atomic E-state index is -0.729. The number of esters is 2. The number of fused-ring (bicyclic) bond motifs is 3. The topological polar surface area (TPSA) is 65.1 Å². The number of hydrogen-bond acceptors (Lipinski definition) is 6. The fourth-order valence-corrected chi connectivity index (χ4v) is 4.64. The quantitative estimate of drug-likeness (QED) is 0.726. The Bertz CT molecular complexity index is 884. The van der Waals surface area contributed by atoms with Crippen molar-refractivity contribution < 1.29 is 23.8 Å². The van der Waals surface area contributed by atoms with Crippen LogP contribution in [0.25, 0.3) is 0 Å². The zero-order valence-corrected chi connectivity index (χ0v) is 16.6. The molecule has 152 valence electrons. The van der Waals surface area contributed by atoms with Gasteiger partial charge in [-0.1, -0.05) is 48.5 Å². The van der Waals surface area contributed by atoms with Gasteiger partial charge in [0.2, 0.25) is 0 Å². The molecule has 2 aliphatic heterocycles. The number of nitrogens with zero attached hydrogens (tertiary/aromatic N) is 1. The average molecular weight is 395 g/mol. The maximum atomic E-state index is 13.0. The van der Waals surface area contributed by atoms with E-state index in [1.54, 1.807) is 6.92 Å². The molecule has 0 spiro atoms. The van der Waals surface area contributed by atoms with E-state index in [2.05, 4.69) is 4.90 Å². The van der Waals surface area contributed by atoms with Crippen molar-refractivity contribution in [3.8, 4) is 5.75 Å². The van der Waals surface area contributed by atoms with Crippen molar-refractivity contribution in [1.29, 1.82) is 0 Å². The van der Waals surface area contributed by atoms with Gasteiger partial charge in [-0.2, -0.15) is 0 Å². The van der Waals surface area contributed by atoms with Gasteiger partial charge < -0.3 is 14.2 Å². The van der Waals surface area contributed by atoms with Gasteiger partial charge >= 0.3 is 11.9 Å². The molecule has 0 amide bonds. The molecule has 4 rings (SSSR count). The van der Waals surface area contributed by atoms with Crippen LogP contribution >= 0.6 is 0 Å². The van der Waals surface area contributed by atoms with Crippen LogP contribution in [0.5, 0.6) is 5.75 Å². The monoisotopic (exact) mass is 395 g/mol. The fourth-order valence-electron chi connectivity index (χ4n) is 4.64. The molecule has 6 nitrogen and oxygen atoms in total. The summed E-state index contributed by atoms with van der Waals surface area (Å²) in [5.41, 5.74) is 2.05. The highest BCUT2D eigenvalue weighted by atomic mass is 16.5. The summed E-state index contributed by atoms with van der Waals surface area (Å²) in [6.45, 7) is 2.90. The van der Waals surface area contributed by atoms with Crippen LogP contribution in [0.15, 0.2) is 54.6 Å². The number of para-hydroxylation sites is 1. The van der Waals surface area contributed by atoms with E-state index in [9.17, 15) is 9.59 Å². The number of ether oxygens (including phenoxy) is 3. The number of methoxy groups -OCH3 is 1. The first-order valence-electron chi connectivity index (χ1n) is 9.91. The summed E-state index contributed by atoms with van der Waals surface area (Å²) >= 11 is 0. The van der Waals surface area contributed by atoms with Gasteiger partial charge in [0, 0.05) is 24.1 Å². The molecule has 0 radical (unpaired) electrons. The first-order valence-corrected chi connectivity index (χ1v) is 9.91. The summed E-state index contributed by atoms with van der Waals surface area (Å²) < 4.78 is 16.4. The smallest absolute Gasteiger partial charge is 0.324 e. The van der Waals surface area contributed by atoms with Gasteiger partial charge in [-0.3, -0.25) is 14.5 Å². The number of carbonyl (C=O) groups is 2. The molecule has 0 aliphatic carbocycles. The standard InChI is InChI=1S/C23H25NO5/c1-3-28-23(26)21-19(22(25)27-2)17-14-29-18-12-8-7-11-16(18)20(17)24(21)13-15-9-5-4-6-10-15/h4-12,17,19-21H,3,13-14H2,1-2H3/t17-,19+,20-,21+/m1/s1. The Kier molecular flexibility index (Phi) is 5.53. The predicted molar refractivity (Wildman–Crippen MR) is 106 cm³/mol. The molecule has 0 bridgehead atoms. The van der Waals surface area contributed by atoms with E-state index in [1.807, 2.05) is 54.6 Å². The van der Waals surface area contributed by atoms with E-state index in [-0.39, 0.29) is 18.6 Å². The summed E-state index contributed by atoms with van der Waals surface area (Å²) in [6.07, 6.45) is 0. The van der Waals surface area contributed by atoms with Gasteiger partial charge in [-0.15, -0.1) is 0 Å². The lowest BCUT2D eigenvalue weighted by molar-refractivity contribution is -0.158. The SMILES string of the molecule is CCOC(=O)[C@@H]1[C@@H](C(=O)OC)[C@H]2COc3ccccc3[C@H]2N1Cc1ccccc1. The van der Waals surface area contributed by atoms with Gasteiger partial charge in [0.15, 0.2) is 0 Å². The Balaban J connectivity index is 1.82. The van der Waals surface area contributed by atoms with Crippen molar-refractivity contribution in [2.45, 2.75) is 25.6 Å². The highest BCUT2D eigenvalue weighted by Gasteiger charge is 2.58. The summed E-state index contributed by atoms with van der Waals surface area (Å²) in [7, 11) is 1.36. The lowest BCUT2D eigenvalue weighted by Gasteiger charge is -2.34. The van der Waals surface area contributed by atoms with Crippen LogP contribution in [0.2, 0.25) is 0 Å².